The molecule has 2 aliphatic carbocycles. The number of nitrogens with zero attached hydrogens (tertiary/aromatic N) is 1. The van der Waals surface area contributed by atoms with E-state index in [1.165, 1.54) is 0 Å². The standard InChI is InChI=1S/C31H35NO6/c1-18-28(31(35)38-23-10-5-4-6-11-23)29(20-8-7-9-22(33)14-20)30-24(32-18)15-21(16-25(30)34)19-12-13-26(36-2)27(17-19)37-3/h7-9,12-14,17,21,23,28-29,33H,4-6,10-11,15-16H2,1-3H3/t21-,28?,29-/m1/s1. The predicted octanol–water partition coefficient (Wildman–Crippen LogP) is 5.86. The van der Waals surface area contributed by atoms with Crippen LogP contribution in [-0.2, 0) is 14.3 Å². The maximum absolute atomic E-state index is 13.8. The predicted molar refractivity (Wildman–Crippen MR) is 144 cm³/mol. The normalized spacial score (nSPS) is 23.9. The summed E-state index contributed by atoms with van der Waals surface area (Å²) >= 11 is 0. The van der Waals surface area contributed by atoms with Gasteiger partial charge in [-0.2, -0.15) is 0 Å². The van der Waals surface area contributed by atoms with Gasteiger partial charge in [0, 0.05) is 29.3 Å². The number of carbonyl (C=O) groups excluding carboxylic acids is 2. The fourth-order valence-corrected chi connectivity index (χ4v) is 6.21. The average Bonchev–Trinajstić information content (AvgIpc) is 2.92. The van der Waals surface area contributed by atoms with Gasteiger partial charge in [-0.15, -0.1) is 0 Å². The molecule has 0 radical (unpaired) electrons. The van der Waals surface area contributed by atoms with Gasteiger partial charge in [-0.05, 0) is 80.3 Å². The monoisotopic (exact) mass is 517 g/mol. The lowest BCUT2D eigenvalue weighted by molar-refractivity contribution is -0.153. The van der Waals surface area contributed by atoms with Crippen LogP contribution in [0.2, 0.25) is 0 Å². The number of aliphatic imine (C=N–C) groups is 1. The largest absolute Gasteiger partial charge is 0.508 e. The number of aromatic hydroxyl groups is 1. The molecular weight excluding hydrogens is 482 g/mol. The van der Waals surface area contributed by atoms with Gasteiger partial charge < -0.3 is 19.3 Å². The molecule has 200 valence electrons. The number of ether oxygens (including phenoxy) is 3. The Morgan fingerprint density at radius 3 is 2.42 bits per heavy atom. The Balaban J connectivity index is 1.51. The van der Waals surface area contributed by atoms with Crippen LogP contribution >= 0.6 is 0 Å². The second kappa shape index (κ2) is 11.0. The van der Waals surface area contributed by atoms with Crippen molar-refractivity contribution in [1.29, 1.82) is 0 Å². The van der Waals surface area contributed by atoms with E-state index in [1.807, 2.05) is 31.2 Å². The number of phenols is 1. The quantitative estimate of drug-likeness (QED) is 0.482. The van der Waals surface area contributed by atoms with Gasteiger partial charge in [-0.1, -0.05) is 24.6 Å². The van der Waals surface area contributed by atoms with Gasteiger partial charge in [0.2, 0.25) is 0 Å². The zero-order valence-electron chi connectivity index (χ0n) is 22.2. The van der Waals surface area contributed by atoms with E-state index in [1.54, 1.807) is 32.4 Å². The number of hydrogen-bond acceptors (Lipinski definition) is 7. The molecule has 2 aromatic carbocycles. The van der Waals surface area contributed by atoms with Crippen LogP contribution in [0.15, 0.2) is 58.7 Å². The number of hydrogen-bond donors (Lipinski definition) is 1. The van der Waals surface area contributed by atoms with Gasteiger partial charge in [0.25, 0.3) is 0 Å². The summed E-state index contributed by atoms with van der Waals surface area (Å²) in [6, 6.07) is 12.6. The molecule has 0 aromatic heterocycles. The SMILES string of the molecule is COc1ccc([C@H]2CC(=O)C3=C(C2)N=C(C)C(C(=O)OC2CCCCC2)[C@H]3c2cccc(O)c2)cc1OC. The molecule has 5 rings (SSSR count). The number of phenolic OH excluding ortho intramolecular Hbond substituents is 1. The maximum Gasteiger partial charge on any atom is 0.315 e. The average molecular weight is 518 g/mol. The molecule has 1 N–H and O–H groups in total. The number of allylic oxidation sites excluding steroid dienone is 2. The van der Waals surface area contributed by atoms with Crippen LogP contribution in [0, 0.1) is 5.92 Å². The van der Waals surface area contributed by atoms with Gasteiger partial charge in [-0.25, -0.2) is 0 Å². The first-order valence-electron chi connectivity index (χ1n) is 13.4. The zero-order valence-corrected chi connectivity index (χ0v) is 22.2. The van der Waals surface area contributed by atoms with E-state index >= 15 is 0 Å². The van der Waals surface area contributed by atoms with E-state index in [0.717, 1.165) is 43.2 Å². The zero-order chi connectivity index (χ0) is 26.8. The smallest absolute Gasteiger partial charge is 0.315 e. The second-order valence-electron chi connectivity index (χ2n) is 10.5. The Morgan fingerprint density at radius 2 is 1.71 bits per heavy atom. The van der Waals surface area contributed by atoms with E-state index in [0.29, 0.717) is 41.3 Å². The lowest BCUT2D eigenvalue weighted by Gasteiger charge is -2.37. The number of rotatable bonds is 6. The van der Waals surface area contributed by atoms with Crippen molar-refractivity contribution in [2.45, 2.75) is 69.8 Å². The highest BCUT2D eigenvalue weighted by Crippen LogP contribution is 2.48. The van der Waals surface area contributed by atoms with Gasteiger partial charge >= 0.3 is 5.97 Å². The van der Waals surface area contributed by atoms with Crippen molar-refractivity contribution in [3.05, 3.63) is 64.9 Å². The fraction of sp³-hybridized carbons (Fsp3) is 0.452. The molecule has 7 heteroatoms. The number of benzene rings is 2. The minimum atomic E-state index is -0.709. The van der Waals surface area contributed by atoms with Crippen molar-refractivity contribution in [1.82, 2.24) is 0 Å². The van der Waals surface area contributed by atoms with Gasteiger partial charge in [0.1, 0.15) is 17.8 Å². The molecule has 38 heavy (non-hydrogen) atoms. The Labute approximate surface area is 223 Å². The summed E-state index contributed by atoms with van der Waals surface area (Å²) in [4.78, 5) is 32.3. The number of carbonyl (C=O) groups is 2. The number of ketones is 1. The molecule has 1 unspecified atom stereocenters. The van der Waals surface area contributed by atoms with Crippen LogP contribution in [0.1, 0.15) is 74.8 Å². The molecule has 0 spiro atoms. The topological polar surface area (TPSA) is 94.4 Å². The Bertz CT molecular complexity index is 1290. The first-order chi connectivity index (χ1) is 18.4. The van der Waals surface area contributed by atoms with Crippen LogP contribution in [0.4, 0.5) is 0 Å². The summed E-state index contributed by atoms with van der Waals surface area (Å²) in [6.07, 6.45) is 5.76. The number of Topliss-reactive ketones (excluding diaryl/α,β-unsaturated/α-hetero) is 1. The van der Waals surface area contributed by atoms with Crippen LogP contribution in [0.5, 0.6) is 17.2 Å². The molecule has 0 saturated heterocycles. The third kappa shape index (κ3) is 5.06. The molecule has 1 heterocycles. The van der Waals surface area contributed by atoms with Crippen molar-refractivity contribution in [2.75, 3.05) is 14.2 Å². The number of esters is 1. The summed E-state index contributed by atoms with van der Waals surface area (Å²) in [5, 5.41) is 10.3. The minimum Gasteiger partial charge on any atom is -0.508 e. The molecule has 0 amide bonds. The van der Waals surface area contributed by atoms with E-state index in [9.17, 15) is 14.7 Å². The first kappa shape index (κ1) is 26.0. The van der Waals surface area contributed by atoms with E-state index in [2.05, 4.69) is 0 Å². The van der Waals surface area contributed by atoms with Crippen molar-refractivity contribution >= 4 is 17.5 Å². The maximum atomic E-state index is 13.8. The van der Waals surface area contributed by atoms with Crippen LogP contribution in [0.25, 0.3) is 0 Å². The molecule has 7 nitrogen and oxygen atoms in total. The third-order valence-corrected chi connectivity index (χ3v) is 8.09. The van der Waals surface area contributed by atoms with Crippen LogP contribution in [0.3, 0.4) is 0 Å². The Hall–Kier alpha value is -3.61. The van der Waals surface area contributed by atoms with E-state index in [4.69, 9.17) is 19.2 Å². The second-order valence-corrected chi connectivity index (χ2v) is 10.5. The summed E-state index contributed by atoms with van der Waals surface area (Å²) in [5.74, 6) is -0.372. The lowest BCUT2D eigenvalue weighted by atomic mass is 9.69. The lowest BCUT2D eigenvalue weighted by Crippen LogP contribution is -2.39. The summed E-state index contributed by atoms with van der Waals surface area (Å²) in [7, 11) is 3.19. The molecule has 2 aromatic rings. The Kier molecular flexibility index (Phi) is 7.54. The van der Waals surface area contributed by atoms with Crippen molar-refractivity contribution in [3.63, 3.8) is 0 Å². The van der Waals surface area contributed by atoms with E-state index < -0.39 is 11.8 Å². The van der Waals surface area contributed by atoms with E-state index in [-0.39, 0.29) is 29.5 Å². The summed E-state index contributed by atoms with van der Waals surface area (Å²) in [5.41, 5.74) is 3.59. The molecule has 3 aliphatic rings. The minimum absolute atomic E-state index is 0.0360. The summed E-state index contributed by atoms with van der Waals surface area (Å²) < 4.78 is 16.9. The van der Waals surface area contributed by atoms with Gasteiger partial charge in [0.15, 0.2) is 17.3 Å². The molecular formula is C31H35NO6. The van der Waals surface area contributed by atoms with Crippen LogP contribution < -0.4 is 9.47 Å². The highest BCUT2D eigenvalue weighted by molar-refractivity contribution is 6.09. The fourth-order valence-electron chi connectivity index (χ4n) is 6.21. The highest BCUT2D eigenvalue weighted by Gasteiger charge is 2.45. The first-order valence-corrected chi connectivity index (χ1v) is 13.4. The molecule has 1 aliphatic heterocycles. The van der Waals surface area contributed by atoms with Crippen LogP contribution in [-0.4, -0.2) is 42.9 Å². The third-order valence-electron chi connectivity index (χ3n) is 8.09. The van der Waals surface area contributed by atoms with Crippen molar-refractivity contribution in [3.8, 4) is 17.2 Å². The number of methoxy groups -OCH3 is 2. The Morgan fingerprint density at radius 1 is 0.947 bits per heavy atom. The summed E-state index contributed by atoms with van der Waals surface area (Å²) in [6.45, 7) is 1.84. The molecule has 3 atom stereocenters. The van der Waals surface area contributed by atoms with Gasteiger partial charge in [-0.3, -0.25) is 14.6 Å². The van der Waals surface area contributed by atoms with Crippen molar-refractivity contribution < 1.29 is 28.9 Å². The molecule has 0 bridgehead atoms. The molecule has 1 saturated carbocycles. The highest BCUT2D eigenvalue weighted by atomic mass is 16.5. The molecule has 1 fully saturated rings. The van der Waals surface area contributed by atoms with Gasteiger partial charge in [0.05, 0.1) is 14.2 Å². The van der Waals surface area contributed by atoms with Crippen molar-refractivity contribution in [2.24, 2.45) is 10.9 Å².